The molecule has 0 bridgehead atoms. The van der Waals surface area contributed by atoms with Crippen LogP contribution in [0.15, 0.2) is 48.5 Å². The van der Waals surface area contributed by atoms with Gasteiger partial charge in [0, 0.05) is 42.8 Å². The predicted octanol–water partition coefficient (Wildman–Crippen LogP) is 3.64. The fourth-order valence-corrected chi connectivity index (χ4v) is 4.86. The van der Waals surface area contributed by atoms with Gasteiger partial charge in [-0.15, -0.1) is 0 Å². The molecule has 8 heteroatoms. The molecule has 2 fully saturated rings. The highest BCUT2D eigenvalue weighted by atomic mass is 35.5. The number of nitrogens with zero attached hydrogens (tertiary/aromatic N) is 4. The maximum atomic E-state index is 13.0. The minimum Gasteiger partial charge on any atom is -0.339 e. The number of benzene rings is 2. The van der Waals surface area contributed by atoms with Crippen LogP contribution < -0.4 is 0 Å². The lowest BCUT2D eigenvalue weighted by Crippen LogP contribution is -2.33. The number of H-pyrrole nitrogens is 1. The SMILES string of the molecule is O=C(/C=C/c1ccc(Cl)cc1)N1C[C@H]2CCN(C(=O)c3ccc4n[nH]nc4c3)CC[C@H]2C1. The summed E-state index contributed by atoms with van der Waals surface area (Å²) in [7, 11) is 0. The van der Waals surface area contributed by atoms with Crippen LogP contribution in [0.25, 0.3) is 17.1 Å². The summed E-state index contributed by atoms with van der Waals surface area (Å²) in [5, 5.41) is 11.4. The lowest BCUT2D eigenvalue weighted by Gasteiger charge is -2.22. The van der Waals surface area contributed by atoms with Gasteiger partial charge in [-0.3, -0.25) is 9.59 Å². The van der Waals surface area contributed by atoms with Crippen molar-refractivity contribution < 1.29 is 9.59 Å². The summed E-state index contributed by atoms with van der Waals surface area (Å²) in [6, 6.07) is 12.8. The molecule has 164 valence electrons. The van der Waals surface area contributed by atoms with Crippen molar-refractivity contribution in [1.82, 2.24) is 25.2 Å². The number of likely N-dealkylation sites (tertiary alicyclic amines) is 2. The van der Waals surface area contributed by atoms with Gasteiger partial charge in [0.1, 0.15) is 11.0 Å². The minimum atomic E-state index is 0.0358. The van der Waals surface area contributed by atoms with Crippen LogP contribution in [0.4, 0.5) is 0 Å². The Labute approximate surface area is 191 Å². The van der Waals surface area contributed by atoms with Gasteiger partial charge in [-0.05, 0) is 66.6 Å². The lowest BCUT2D eigenvalue weighted by molar-refractivity contribution is -0.125. The van der Waals surface area contributed by atoms with Gasteiger partial charge >= 0.3 is 0 Å². The van der Waals surface area contributed by atoms with Gasteiger partial charge in [-0.1, -0.05) is 23.7 Å². The molecule has 7 nitrogen and oxygen atoms in total. The average molecular weight is 450 g/mol. The first kappa shape index (κ1) is 20.7. The van der Waals surface area contributed by atoms with E-state index >= 15 is 0 Å². The third-order valence-corrected chi connectivity index (χ3v) is 6.82. The fourth-order valence-electron chi connectivity index (χ4n) is 4.73. The molecule has 3 aromatic rings. The molecular formula is C24H24ClN5O2. The molecule has 2 saturated heterocycles. The van der Waals surface area contributed by atoms with Crippen LogP contribution in [0.5, 0.6) is 0 Å². The van der Waals surface area contributed by atoms with Gasteiger partial charge in [0.05, 0.1) is 0 Å². The summed E-state index contributed by atoms with van der Waals surface area (Å²) in [6.45, 7) is 2.92. The monoisotopic (exact) mass is 449 g/mol. The summed E-state index contributed by atoms with van der Waals surface area (Å²) >= 11 is 5.91. The Morgan fingerprint density at radius 2 is 1.62 bits per heavy atom. The van der Waals surface area contributed by atoms with Crippen LogP contribution in [0.2, 0.25) is 5.02 Å². The predicted molar refractivity (Wildman–Crippen MR) is 123 cm³/mol. The third kappa shape index (κ3) is 4.25. The number of hydrogen-bond donors (Lipinski definition) is 1. The number of halogens is 1. The summed E-state index contributed by atoms with van der Waals surface area (Å²) in [5.74, 6) is 0.938. The van der Waals surface area contributed by atoms with Crippen molar-refractivity contribution in [3.8, 4) is 0 Å². The van der Waals surface area contributed by atoms with Gasteiger partial charge in [-0.2, -0.15) is 15.4 Å². The highest BCUT2D eigenvalue weighted by molar-refractivity contribution is 6.30. The second-order valence-electron chi connectivity index (χ2n) is 8.54. The van der Waals surface area contributed by atoms with Gasteiger partial charge < -0.3 is 9.80 Å². The maximum absolute atomic E-state index is 13.0. The fraction of sp³-hybridized carbons (Fsp3) is 0.333. The molecule has 0 saturated carbocycles. The van der Waals surface area contributed by atoms with Gasteiger partial charge in [-0.25, -0.2) is 0 Å². The second-order valence-corrected chi connectivity index (χ2v) is 8.98. The number of rotatable bonds is 3. The van der Waals surface area contributed by atoms with Crippen LogP contribution in [0.3, 0.4) is 0 Å². The van der Waals surface area contributed by atoms with E-state index in [0.717, 1.165) is 37.0 Å². The van der Waals surface area contributed by atoms with Crippen molar-refractivity contribution in [2.45, 2.75) is 12.8 Å². The Bertz CT molecular complexity index is 1160. The molecule has 2 amide bonds. The highest BCUT2D eigenvalue weighted by Crippen LogP contribution is 2.32. The van der Waals surface area contributed by atoms with Crippen molar-refractivity contribution in [2.24, 2.45) is 11.8 Å². The Morgan fingerprint density at radius 3 is 2.34 bits per heavy atom. The zero-order chi connectivity index (χ0) is 22.1. The number of carbonyl (C=O) groups excluding carboxylic acids is 2. The highest BCUT2D eigenvalue weighted by Gasteiger charge is 2.37. The molecule has 32 heavy (non-hydrogen) atoms. The normalized spacial score (nSPS) is 21.2. The molecule has 2 aromatic carbocycles. The van der Waals surface area contributed by atoms with Crippen molar-refractivity contribution in [2.75, 3.05) is 26.2 Å². The first-order valence-electron chi connectivity index (χ1n) is 10.9. The molecular weight excluding hydrogens is 426 g/mol. The van der Waals surface area contributed by atoms with Crippen LogP contribution in [-0.4, -0.2) is 63.2 Å². The van der Waals surface area contributed by atoms with E-state index in [-0.39, 0.29) is 11.8 Å². The second kappa shape index (κ2) is 8.74. The van der Waals surface area contributed by atoms with Crippen LogP contribution in [0.1, 0.15) is 28.8 Å². The molecule has 2 aliphatic heterocycles. The van der Waals surface area contributed by atoms with Crippen molar-refractivity contribution in [3.63, 3.8) is 0 Å². The summed E-state index contributed by atoms with van der Waals surface area (Å²) < 4.78 is 0. The molecule has 5 rings (SSSR count). The summed E-state index contributed by atoms with van der Waals surface area (Å²) in [6.07, 6.45) is 5.30. The molecule has 0 aliphatic carbocycles. The number of nitrogens with one attached hydrogen (secondary N) is 1. The molecule has 0 unspecified atom stereocenters. The number of aromatic nitrogens is 3. The third-order valence-electron chi connectivity index (χ3n) is 6.57. The molecule has 3 heterocycles. The molecule has 2 atom stereocenters. The summed E-state index contributed by atoms with van der Waals surface area (Å²) in [4.78, 5) is 29.6. The Kier molecular flexibility index (Phi) is 5.66. The largest absolute Gasteiger partial charge is 0.339 e. The Balaban J connectivity index is 1.19. The lowest BCUT2D eigenvalue weighted by atomic mass is 9.92. The number of hydrogen-bond acceptors (Lipinski definition) is 4. The van der Waals surface area contributed by atoms with E-state index in [1.54, 1.807) is 12.1 Å². The first-order valence-corrected chi connectivity index (χ1v) is 11.3. The Morgan fingerprint density at radius 1 is 0.938 bits per heavy atom. The maximum Gasteiger partial charge on any atom is 0.253 e. The molecule has 0 spiro atoms. The summed E-state index contributed by atoms with van der Waals surface area (Å²) in [5.41, 5.74) is 3.04. The van der Waals surface area contributed by atoms with Crippen molar-refractivity contribution >= 4 is 40.5 Å². The van der Waals surface area contributed by atoms with E-state index < -0.39 is 0 Å². The van der Waals surface area contributed by atoms with Gasteiger partial charge in [0.2, 0.25) is 5.91 Å². The van der Waals surface area contributed by atoms with E-state index in [0.29, 0.717) is 41.0 Å². The number of amides is 2. The van der Waals surface area contributed by atoms with E-state index in [1.165, 1.54) is 0 Å². The van der Waals surface area contributed by atoms with Crippen LogP contribution >= 0.6 is 11.6 Å². The smallest absolute Gasteiger partial charge is 0.253 e. The van der Waals surface area contributed by atoms with Gasteiger partial charge in [0.15, 0.2) is 0 Å². The van der Waals surface area contributed by atoms with Crippen LogP contribution in [-0.2, 0) is 4.79 Å². The number of carbonyl (C=O) groups is 2. The first-order chi connectivity index (χ1) is 15.6. The van der Waals surface area contributed by atoms with Crippen molar-refractivity contribution in [3.05, 3.63) is 64.7 Å². The zero-order valence-electron chi connectivity index (χ0n) is 17.6. The average Bonchev–Trinajstić information content (AvgIpc) is 3.40. The van der Waals surface area contributed by atoms with E-state index in [9.17, 15) is 9.59 Å². The minimum absolute atomic E-state index is 0.0358. The van der Waals surface area contributed by atoms with Gasteiger partial charge in [0.25, 0.3) is 5.91 Å². The zero-order valence-corrected chi connectivity index (χ0v) is 18.3. The van der Waals surface area contributed by atoms with E-state index in [4.69, 9.17) is 11.6 Å². The molecule has 1 aromatic heterocycles. The standard InChI is InChI=1S/C24H24ClN5O2/c25-20-5-1-16(2-6-20)3-8-23(31)30-14-18-9-11-29(12-10-19(18)15-30)24(32)17-4-7-21-22(13-17)27-28-26-21/h1-8,13,18-19H,9-12,14-15H2,(H,26,27,28)/b8-3+/t18-,19+. The van der Waals surface area contributed by atoms with E-state index in [1.807, 2.05) is 52.3 Å². The van der Waals surface area contributed by atoms with Crippen molar-refractivity contribution in [1.29, 1.82) is 0 Å². The molecule has 1 N–H and O–H groups in total. The number of aromatic amines is 1. The molecule has 0 radical (unpaired) electrons. The Hall–Kier alpha value is -3.19. The quantitative estimate of drug-likeness (QED) is 0.619. The molecule has 2 aliphatic rings. The number of fused-ring (bicyclic) bond motifs is 2. The van der Waals surface area contributed by atoms with Crippen LogP contribution in [0, 0.1) is 11.8 Å². The van der Waals surface area contributed by atoms with E-state index in [2.05, 4.69) is 15.4 Å². The topological polar surface area (TPSA) is 82.2 Å².